The van der Waals surface area contributed by atoms with Gasteiger partial charge in [-0.3, -0.25) is 14.9 Å². The molecule has 0 aliphatic carbocycles. The van der Waals surface area contributed by atoms with Crippen molar-refractivity contribution in [2.24, 2.45) is 0 Å². The van der Waals surface area contributed by atoms with Gasteiger partial charge in [-0.2, -0.15) is 0 Å². The average Bonchev–Trinajstić information content (AvgIpc) is 2.41. The average molecular weight is 276 g/mol. The first-order valence-corrected chi connectivity index (χ1v) is 5.53. The number of hydrogen-bond acceptors (Lipinski definition) is 4. The monoisotopic (exact) mass is 276 g/mol. The van der Waals surface area contributed by atoms with Crippen LogP contribution in [0.3, 0.4) is 0 Å². The number of carbonyl (C=O) groups is 1. The molecule has 0 radical (unpaired) electrons. The van der Waals surface area contributed by atoms with Crippen LogP contribution in [-0.2, 0) is 0 Å². The molecule has 2 N–H and O–H groups in total. The zero-order valence-electron chi connectivity index (χ0n) is 10.0. The number of nitro groups is 1. The van der Waals surface area contributed by atoms with E-state index in [2.05, 4.69) is 5.32 Å². The number of carbonyl (C=O) groups excluding carboxylic acids is 1. The molecule has 0 saturated heterocycles. The maximum atomic E-state index is 13.4. The second-order valence-corrected chi connectivity index (χ2v) is 3.86. The summed E-state index contributed by atoms with van der Waals surface area (Å²) in [7, 11) is 0. The first-order chi connectivity index (χ1) is 9.50. The van der Waals surface area contributed by atoms with E-state index in [0.717, 1.165) is 12.1 Å². The van der Waals surface area contributed by atoms with Crippen molar-refractivity contribution in [1.82, 2.24) is 0 Å². The maximum Gasteiger partial charge on any atom is 0.296 e. The molecular formula is C13H9FN2O4. The predicted octanol–water partition coefficient (Wildman–Crippen LogP) is 2.69. The quantitative estimate of drug-likeness (QED) is 0.512. The van der Waals surface area contributed by atoms with Gasteiger partial charge < -0.3 is 10.4 Å². The number of para-hydroxylation sites is 1. The van der Waals surface area contributed by atoms with Crippen LogP contribution in [0.15, 0.2) is 42.5 Å². The Kier molecular flexibility index (Phi) is 3.60. The van der Waals surface area contributed by atoms with E-state index in [-0.39, 0.29) is 11.3 Å². The minimum Gasteiger partial charge on any atom is -0.505 e. The Bertz CT molecular complexity index is 688. The van der Waals surface area contributed by atoms with E-state index < -0.39 is 28.1 Å². The number of nitro benzene ring substituents is 1. The van der Waals surface area contributed by atoms with Gasteiger partial charge in [-0.25, -0.2) is 4.39 Å². The molecule has 0 heterocycles. The minimum atomic E-state index is -0.882. The van der Waals surface area contributed by atoms with Crippen molar-refractivity contribution in [2.75, 3.05) is 5.32 Å². The fourth-order valence-corrected chi connectivity index (χ4v) is 1.63. The molecule has 0 aromatic heterocycles. The molecule has 0 atom stereocenters. The highest BCUT2D eigenvalue weighted by atomic mass is 19.1. The summed E-state index contributed by atoms with van der Waals surface area (Å²) in [6, 6.07) is 8.77. The number of hydrogen-bond donors (Lipinski definition) is 2. The molecule has 0 aliphatic rings. The number of benzene rings is 2. The van der Waals surface area contributed by atoms with Gasteiger partial charge in [0.15, 0.2) is 5.69 Å². The maximum absolute atomic E-state index is 13.4. The summed E-state index contributed by atoms with van der Waals surface area (Å²) in [5, 5.41) is 22.6. The van der Waals surface area contributed by atoms with Crippen LogP contribution in [0.2, 0.25) is 0 Å². The van der Waals surface area contributed by atoms with E-state index in [1.165, 1.54) is 30.3 Å². The van der Waals surface area contributed by atoms with E-state index in [4.69, 9.17) is 0 Å². The molecule has 0 aliphatic heterocycles. The van der Waals surface area contributed by atoms with E-state index >= 15 is 0 Å². The molecule has 2 aromatic rings. The summed E-state index contributed by atoms with van der Waals surface area (Å²) in [5.74, 6) is -2.11. The number of halogens is 1. The van der Waals surface area contributed by atoms with Gasteiger partial charge in [-0.15, -0.1) is 0 Å². The molecule has 0 saturated carbocycles. The first kappa shape index (κ1) is 13.5. The number of aromatic hydroxyl groups is 1. The lowest BCUT2D eigenvalue weighted by molar-refractivity contribution is -0.384. The van der Waals surface area contributed by atoms with Crippen LogP contribution in [0.4, 0.5) is 15.8 Å². The van der Waals surface area contributed by atoms with Gasteiger partial charge in [0.05, 0.1) is 10.5 Å². The van der Waals surface area contributed by atoms with Crippen molar-refractivity contribution in [2.45, 2.75) is 0 Å². The van der Waals surface area contributed by atoms with Gasteiger partial charge in [0.25, 0.3) is 11.6 Å². The fourth-order valence-electron chi connectivity index (χ4n) is 1.63. The number of nitrogens with zero attached hydrogens (tertiary/aromatic N) is 1. The van der Waals surface area contributed by atoms with Gasteiger partial charge >= 0.3 is 0 Å². The summed E-state index contributed by atoms with van der Waals surface area (Å²) in [6.45, 7) is 0. The summed E-state index contributed by atoms with van der Waals surface area (Å²) >= 11 is 0. The largest absolute Gasteiger partial charge is 0.505 e. The highest BCUT2D eigenvalue weighted by Crippen LogP contribution is 2.33. The van der Waals surface area contributed by atoms with Crippen LogP contribution in [0.25, 0.3) is 0 Å². The number of anilines is 1. The second kappa shape index (κ2) is 5.35. The molecule has 0 fully saturated rings. The first-order valence-electron chi connectivity index (χ1n) is 5.53. The Balaban J connectivity index is 2.38. The smallest absolute Gasteiger partial charge is 0.296 e. The van der Waals surface area contributed by atoms with Crippen LogP contribution in [0.1, 0.15) is 10.4 Å². The molecule has 0 spiro atoms. The molecule has 1 amide bonds. The molecule has 2 aromatic carbocycles. The highest BCUT2D eigenvalue weighted by molar-refractivity contribution is 6.06. The SMILES string of the molecule is O=C(Nc1c(O)cccc1[N+](=O)[O-])c1ccccc1F. The molecule has 2 rings (SSSR count). The number of rotatable bonds is 3. The van der Waals surface area contributed by atoms with Crippen molar-refractivity contribution in [3.05, 3.63) is 64.0 Å². The third-order valence-corrected chi connectivity index (χ3v) is 2.57. The Morgan fingerprint density at radius 3 is 2.55 bits per heavy atom. The fraction of sp³-hybridized carbons (Fsp3) is 0. The van der Waals surface area contributed by atoms with Gasteiger partial charge in [0.1, 0.15) is 11.6 Å². The third kappa shape index (κ3) is 2.56. The molecule has 7 heteroatoms. The predicted molar refractivity (Wildman–Crippen MR) is 69.1 cm³/mol. The molecule has 6 nitrogen and oxygen atoms in total. The van der Waals surface area contributed by atoms with Crippen LogP contribution in [0, 0.1) is 15.9 Å². The zero-order chi connectivity index (χ0) is 14.7. The number of amides is 1. The van der Waals surface area contributed by atoms with Gasteiger partial charge in [-0.05, 0) is 18.2 Å². The lowest BCUT2D eigenvalue weighted by Gasteiger charge is -2.08. The summed E-state index contributed by atoms with van der Waals surface area (Å²) in [5.41, 5.74) is -1.12. The van der Waals surface area contributed by atoms with Crippen molar-refractivity contribution in [3.63, 3.8) is 0 Å². The summed E-state index contributed by atoms with van der Waals surface area (Å²) in [6.07, 6.45) is 0. The van der Waals surface area contributed by atoms with Gasteiger partial charge in [0.2, 0.25) is 0 Å². The summed E-state index contributed by atoms with van der Waals surface area (Å²) < 4.78 is 13.4. The van der Waals surface area contributed by atoms with Crippen LogP contribution >= 0.6 is 0 Å². The normalized spacial score (nSPS) is 10.1. The zero-order valence-corrected chi connectivity index (χ0v) is 10.0. The molecular weight excluding hydrogens is 267 g/mol. The minimum absolute atomic E-state index is 0.273. The van der Waals surface area contributed by atoms with Gasteiger partial charge in [-0.1, -0.05) is 18.2 Å². The van der Waals surface area contributed by atoms with Crippen molar-refractivity contribution >= 4 is 17.3 Å². The molecule has 20 heavy (non-hydrogen) atoms. The van der Waals surface area contributed by atoms with Crippen molar-refractivity contribution < 1.29 is 19.2 Å². The highest BCUT2D eigenvalue weighted by Gasteiger charge is 2.21. The molecule has 102 valence electrons. The Morgan fingerprint density at radius 1 is 1.20 bits per heavy atom. The Hall–Kier alpha value is -2.96. The number of phenolic OH excluding ortho intramolecular Hbond substituents is 1. The summed E-state index contributed by atoms with van der Waals surface area (Å²) in [4.78, 5) is 22.0. The number of phenols is 1. The standard InChI is InChI=1S/C13H9FN2O4/c14-9-5-2-1-4-8(9)13(18)15-12-10(16(19)20)6-3-7-11(12)17/h1-7,17H,(H,15,18). The third-order valence-electron chi connectivity index (χ3n) is 2.57. The van der Waals surface area contributed by atoms with Crippen LogP contribution < -0.4 is 5.32 Å². The lowest BCUT2D eigenvalue weighted by Crippen LogP contribution is -2.14. The van der Waals surface area contributed by atoms with E-state index in [1.54, 1.807) is 0 Å². The lowest BCUT2D eigenvalue weighted by atomic mass is 10.2. The Labute approximate surface area is 112 Å². The topological polar surface area (TPSA) is 92.5 Å². The van der Waals surface area contributed by atoms with Gasteiger partial charge in [0, 0.05) is 6.07 Å². The van der Waals surface area contributed by atoms with E-state index in [9.17, 15) is 24.4 Å². The Morgan fingerprint density at radius 2 is 1.90 bits per heavy atom. The van der Waals surface area contributed by atoms with Crippen molar-refractivity contribution in [1.29, 1.82) is 0 Å². The second-order valence-electron chi connectivity index (χ2n) is 3.86. The van der Waals surface area contributed by atoms with E-state index in [0.29, 0.717) is 0 Å². The van der Waals surface area contributed by atoms with Crippen LogP contribution in [0.5, 0.6) is 5.75 Å². The molecule has 0 bridgehead atoms. The van der Waals surface area contributed by atoms with Crippen molar-refractivity contribution in [3.8, 4) is 5.75 Å². The van der Waals surface area contributed by atoms with E-state index in [1.807, 2.05) is 0 Å². The molecule has 0 unspecified atom stereocenters. The number of nitrogens with one attached hydrogen (secondary N) is 1. The van der Waals surface area contributed by atoms with Crippen LogP contribution in [-0.4, -0.2) is 15.9 Å².